The molecule has 176 valence electrons. The van der Waals surface area contributed by atoms with Gasteiger partial charge in [-0.05, 0) is 49.7 Å². The Kier molecular flexibility index (Phi) is 8.60. The van der Waals surface area contributed by atoms with Crippen LogP contribution in [0.5, 0.6) is 0 Å². The molecule has 3 aromatic rings. The van der Waals surface area contributed by atoms with E-state index < -0.39 is 29.6 Å². The molecule has 0 radical (unpaired) electrons. The molecule has 3 rings (SSSR count). The van der Waals surface area contributed by atoms with Crippen LogP contribution in [-0.2, 0) is 19.1 Å². The van der Waals surface area contributed by atoms with Crippen molar-refractivity contribution < 1.29 is 24.2 Å². The summed E-state index contributed by atoms with van der Waals surface area (Å²) < 4.78 is 3.37. The minimum atomic E-state index is -3.19. The normalized spacial score (nSPS) is 13.0. The second-order valence-electron chi connectivity index (χ2n) is 7.69. The van der Waals surface area contributed by atoms with E-state index in [1.165, 1.54) is 0 Å². The number of benzene rings is 3. The maximum Gasteiger partial charge on any atom is 0.375 e. The zero-order valence-corrected chi connectivity index (χ0v) is 20.5. The molecule has 34 heavy (non-hydrogen) atoms. The molecule has 1 atom stereocenters. The lowest BCUT2D eigenvalue weighted by Crippen LogP contribution is -2.54. The number of ketones is 1. The van der Waals surface area contributed by atoms with Crippen LogP contribution in [0.1, 0.15) is 26.2 Å². The van der Waals surface area contributed by atoms with Crippen LogP contribution in [0, 0.1) is 0 Å². The van der Waals surface area contributed by atoms with Gasteiger partial charge in [0, 0.05) is 12.8 Å². The molecule has 1 N–H and O–H groups in total. The zero-order valence-electron chi connectivity index (χ0n) is 18.9. The molecule has 0 saturated heterocycles. The van der Waals surface area contributed by atoms with Gasteiger partial charge >= 0.3 is 16.6 Å². The number of carbonyl (C=O) groups excluding carboxylic acids is 2. The average molecular weight is 498 g/mol. The van der Waals surface area contributed by atoms with Gasteiger partial charge in [0.25, 0.3) is 0 Å². The van der Waals surface area contributed by atoms with Crippen LogP contribution in [0.4, 0.5) is 0 Å². The zero-order chi connectivity index (χ0) is 24.6. The fourth-order valence-corrected chi connectivity index (χ4v) is 9.84. The molecule has 0 fully saturated rings. The first-order valence-corrected chi connectivity index (χ1v) is 13.2. The van der Waals surface area contributed by atoms with Crippen molar-refractivity contribution in [2.24, 2.45) is 0 Å². The molecule has 5 nitrogen and oxygen atoms in total. The van der Waals surface area contributed by atoms with E-state index in [1.807, 2.05) is 91.0 Å². The Morgan fingerprint density at radius 1 is 0.794 bits per heavy atom. The predicted molar refractivity (Wildman–Crippen MR) is 137 cm³/mol. The quantitative estimate of drug-likeness (QED) is 0.185. The summed E-state index contributed by atoms with van der Waals surface area (Å²) in [7, 11) is -3.19. The van der Waals surface area contributed by atoms with Crippen LogP contribution >= 0.6 is 18.9 Å². The number of esters is 1. The number of Topliss-reactive ketones (excluding diaryl/α,β-unsaturated/α-hetero) is 1. The molecule has 0 saturated carbocycles. The van der Waals surface area contributed by atoms with Crippen molar-refractivity contribution in [3.8, 4) is 0 Å². The monoisotopic (exact) mass is 497 g/mol. The van der Waals surface area contributed by atoms with Crippen molar-refractivity contribution in [2.75, 3.05) is 6.61 Å². The van der Waals surface area contributed by atoms with Gasteiger partial charge in [-0.15, -0.1) is 0 Å². The number of hydrogen-bond donors (Lipinski definition) is 1. The predicted octanol–water partition coefficient (Wildman–Crippen LogP) is 4.30. The Balaban J connectivity index is 2.40. The standard InChI is InChI=1S/C27H26ClO5P/c1-2-33-26(32)27(28,24(29)19-12-20-25(30)31)34(21-13-6-3-7-14-21,22-15-8-4-9-16-22)23-17-10-5-11-18-23/h3-11,13-18H,2,12,19-20H2,1H3/p+1. The number of carboxylic acid groups (broad SMARTS) is 1. The summed E-state index contributed by atoms with van der Waals surface area (Å²) in [4.78, 5) is 38.7. The molecule has 3 aromatic carbocycles. The van der Waals surface area contributed by atoms with Gasteiger partial charge in [-0.1, -0.05) is 66.2 Å². The van der Waals surface area contributed by atoms with Crippen molar-refractivity contribution in [3.05, 3.63) is 91.0 Å². The molecule has 0 aliphatic heterocycles. The van der Waals surface area contributed by atoms with Gasteiger partial charge in [0.2, 0.25) is 5.78 Å². The highest BCUT2D eigenvalue weighted by atomic mass is 35.5. The third-order valence-electron chi connectivity index (χ3n) is 5.60. The van der Waals surface area contributed by atoms with Crippen molar-refractivity contribution in [1.29, 1.82) is 0 Å². The van der Waals surface area contributed by atoms with E-state index in [0.29, 0.717) is 0 Å². The summed E-state index contributed by atoms with van der Waals surface area (Å²) in [5.74, 6) is -2.38. The molecule has 0 aliphatic carbocycles. The number of ether oxygens (including phenoxy) is 1. The molecule has 0 bridgehead atoms. The second-order valence-corrected chi connectivity index (χ2v) is 12.1. The summed E-state index contributed by atoms with van der Waals surface area (Å²) in [5.41, 5.74) is 0. The Bertz CT molecular complexity index is 1020. The van der Waals surface area contributed by atoms with Gasteiger partial charge in [-0.25, -0.2) is 4.79 Å². The summed E-state index contributed by atoms with van der Waals surface area (Å²) >= 11 is 7.34. The van der Waals surface area contributed by atoms with Gasteiger partial charge in [-0.3, -0.25) is 9.59 Å². The Labute approximate surface area is 205 Å². The highest BCUT2D eigenvalue weighted by Gasteiger charge is 2.71. The first kappa shape index (κ1) is 25.6. The lowest BCUT2D eigenvalue weighted by Gasteiger charge is -2.37. The molecule has 0 aromatic heterocycles. The molecule has 0 amide bonds. The van der Waals surface area contributed by atoms with Gasteiger partial charge in [0.1, 0.15) is 15.9 Å². The number of carboxylic acids is 1. The molecule has 0 spiro atoms. The Morgan fingerprint density at radius 3 is 1.56 bits per heavy atom. The maximum atomic E-state index is 13.9. The fourth-order valence-electron chi connectivity index (χ4n) is 4.17. The Hall–Kier alpha value is -3.01. The van der Waals surface area contributed by atoms with Crippen molar-refractivity contribution in [2.45, 2.75) is 30.8 Å². The third kappa shape index (κ3) is 4.77. The summed E-state index contributed by atoms with van der Waals surface area (Å²) in [6.07, 6.45) is -0.293. The number of carbonyl (C=O) groups is 3. The molecular formula is C27H27ClO5P+. The van der Waals surface area contributed by atoms with Crippen molar-refractivity contribution in [3.63, 3.8) is 0 Å². The maximum absolute atomic E-state index is 13.9. The highest BCUT2D eigenvalue weighted by molar-refractivity contribution is 7.99. The average Bonchev–Trinajstić information content (AvgIpc) is 2.86. The Morgan fingerprint density at radius 2 is 1.21 bits per heavy atom. The summed E-state index contributed by atoms with van der Waals surface area (Å²) in [6.45, 7) is 1.71. The van der Waals surface area contributed by atoms with E-state index in [0.717, 1.165) is 15.9 Å². The number of halogens is 1. The lowest BCUT2D eigenvalue weighted by molar-refractivity contribution is -0.146. The first-order valence-electron chi connectivity index (χ1n) is 11.1. The molecule has 0 heterocycles. The van der Waals surface area contributed by atoms with Crippen molar-refractivity contribution >= 4 is 52.5 Å². The van der Waals surface area contributed by atoms with Gasteiger partial charge in [0.15, 0.2) is 7.26 Å². The smallest absolute Gasteiger partial charge is 0.375 e. The summed E-state index contributed by atoms with van der Waals surface area (Å²) in [6, 6.07) is 28.0. The SMILES string of the molecule is CCOC(=O)C(Cl)(C(=O)CCCC(=O)O)[P+](c1ccccc1)(c1ccccc1)c1ccccc1. The van der Waals surface area contributed by atoms with E-state index >= 15 is 0 Å². The minimum Gasteiger partial charge on any atom is -0.481 e. The van der Waals surface area contributed by atoms with Gasteiger partial charge in [0.05, 0.1) is 6.61 Å². The van der Waals surface area contributed by atoms with E-state index in [9.17, 15) is 14.4 Å². The molecule has 7 heteroatoms. The highest BCUT2D eigenvalue weighted by Crippen LogP contribution is 2.68. The number of rotatable bonds is 11. The summed E-state index contributed by atoms with van der Waals surface area (Å²) in [5, 5.41) is 11.3. The minimum absolute atomic E-state index is 0.0497. The van der Waals surface area contributed by atoms with E-state index in [-0.39, 0.29) is 25.9 Å². The van der Waals surface area contributed by atoms with Gasteiger partial charge in [-0.2, -0.15) is 0 Å². The first-order chi connectivity index (χ1) is 16.4. The molecule has 1 unspecified atom stereocenters. The number of aliphatic carboxylic acids is 1. The molecular weight excluding hydrogens is 471 g/mol. The van der Waals surface area contributed by atoms with Crippen LogP contribution in [0.2, 0.25) is 0 Å². The van der Waals surface area contributed by atoms with Crippen LogP contribution in [0.25, 0.3) is 0 Å². The third-order valence-corrected chi connectivity index (χ3v) is 11.3. The van der Waals surface area contributed by atoms with Gasteiger partial charge < -0.3 is 9.84 Å². The topological polar surface area (TPSA) is 80.7 Å². The number of hydrogen-bond acceptors (Lipinski definition) is 4. The molecule has 0 aliphatic rings. The largest absolute Gasteiger partial charge is 0.481 e. The van der Waals surface area contributed by atoms with E-state index in [2.05, 4.69) is 0 Å². The fraction of sp³-hybridized carbons (Fsp3) is 0.222. The van der Waals surface area contributed by atoms with E-state index in [4.69, 9.17) is 21.4 Å². The lowest BCUT2D eigenvalue weighted by atomic mass is 10.1. The number of alkyl halides is 1. The van der Waals surface area contributed by atoms with Crippen LogP contribution in [0.15, 0.2) is 91.0 Å². The van der Waals surface area contributed by atoms with E-state index in [1.54, 1.807) is 6.92 Å². The van der Waals surface area contributed by atoms with Crippen LogP contribution in [0.3, 0.4) is 0 Å². The van der Waals surface area contributed by atoms with Crippen LogP contribution in [-0.4, -0.2) is 34.1 Å². The second kappa shape index (κ2) is 11.4. The van der Waals surface area contributed by atoms with Crippen molar-refractivity contribution in [1.82, 2.24) is 0 Å². The van der Waals surface area contributed by atoms with Crippen LogP contribution < -0.4 is 15.9 Å².